The zero-order valence-electron chi connectivity index (χ0n) is 15.2. The second-order valence-electron chi connectivity index (χ2n) is 6.02. The van der Waals surface area contributed by atoms with Crippen LogP contribution in [0.2, 0.25) is 0 Å². The van der Waals surface area contributed by atoms with Gasteiger partial charge in [0.25, 0.3) is 5.91 Å². The molecule has 0 aromatic heterocycles. The maximum absolute atomic E-state index is 12.2. The Labute approximate surface area is 176 Å². The summed E-state index contributed by atoms with van der Waals surface area (Å²) in [5.74, 6) is -0.793. The molecule has 146 valence electrons. The molecule has 0 aliphatic rings. The number of nitrogens with one attached hydrogen (secondary N) is 1. The zero-order chi connectivity index (χ0) is 20.6. The highest BCUT2D eigenvalue weighted by atomic mass is 79.9. The molecule has 0 spiro atoms. The van der Waals surface area contributed by atoms with E-state index >= 15 is 0 Å². The summed E-state index contributed by atoms with van der Waals surface area (Å²) in [7, 11) is 0. The summed E-state index contributed by atoms with van der Waals surface area (Å²) in [6.07, 6.45) is 0.0809. The van der Waals surface area contributed by atoms with Crippen LogP contribution in [0.15, 0.2) is 88.4 Å². The van der Waals surface area contributed by atoms with E-state index in [0.29, 0.717) is 22.4 Å². The first-order chi connectivity index (χ1) is 14.0. The van der Waals surface area contributed by atoms with E-state index in [1.807, 2.05) is 6.07 Å². The molecule has 0 radical (unpaired) electrons. The van der Waals surface area contributed by atoms with E-state index in [2.05, 4.69) is 26.5 Å². The van der Waals surface area contributed by atoms with E-state index in [1.54, 1.807) is 72.8 Å². The lowest BCUT2D eigenvalue weighted by atomic mass is 10.1. The fraction of sp³-hybridized carbons (Fsp3) is 0.0455. The summed E-state index contributed by atoms with van der Waals surface area (Å²) in [5, 5.41) is 13.9. The minimum Gasteiger partial charge on any atom is -0.423 e. The number of rotatable bonds is 6. The number of halogens is 1. The topological polar surface area (TPSA) is 88.0 Å². The predicted octanol–water partition coefficient (Wildman–Crippen LogP) is 3.85. The number of hydrazone groups is 1. The first-order valence-corrected chi connectivity index (χ1v) is 9.46. The van der Waals surface area contributed by atoms with E-state index in [4.69, 9.17) is 4.74 Å². The summed E-state index contributed by atoms with van der Waals surface area (Å²) in [5.41, 5.74) is 3.79. The monoisotopic (exact) mass is 452 g/mol. The van der Waals surface area contributed by atoms with Crippen molar-refractivity contribution in [1.82, 2.24) is 5.43 Å². The van der Waals surface area contributed by atoms with Crippen molar-refractivity contribution in [3.63, 3.8) is 0 Å². The van der Waals surface area contributed by atoms with Crippen LogP contribution in [-0.2, 0) is 4.79 Å². The van der Waals surface area contributed by atoms with Gasteiger partial charge < -0.3 is 9.84 Å². The zero-order valence-corrected chi connectivity index (χ0v) is 16.7. The summed E-state index contributed by atoms with van der Waals surface area (Å²) in [6, 6.07) is 22.1. The van der Waals surface area contributed by atoms with Crippen molar-refractivity contribution in [2.24, 2.45) is 5.10 Å². The Morgan fingerprint density at radius 3 is 2.52 bits per heavy atom. The van der Waals surface area contributed by atoms with Gasteiger partial charge in [-0.25, -0.2) is 10.2 Å². The number of carbonyl (C=O) groups is 2. The summed E-state index contributed by atoms with van der Waals surface area (Å²) < 4.78 is 6.15. The van der Waals surface area contributed by atoms with E-state index in [0.717, 1.165) is 4.47 Å². The van der Waals surface area contributed by atoms with Gasteiger partial charge in [0.05, 0.1) is 11.8 Å². The third kappa shape index (κ3) is 5.84. The van der Waals surface area contributed by atoms with Gasteiger partial charge in [-0.05, 0) is 41.5 Å². The molecule has 0 bridgehead atoms. The average Bonchev–Trinajstić information content (AvgIpc) is 2.74. The molecule has 29 heavy (non-hydrogen) atoms. The van der Waals surface area contributed by atoms with Gasteiger partial charge in [-0.3, -0.25) is 4.79 Å². The first kappa shape index (κ1) is 20.4. The molecule has 0 unspecified atom stereocenters. The highest BCUT2D eigenvalue weighted by molar-refractivity contribution is 9.10. The third-order valence-corrected chi connectivity index (χ3v) is 4.37. The van der Waals surface area contributed by atoms with Crippen LogP contribution >= 0.6 is 15.9 Å². The number of hydrogen-bond donors (Lipinski definition) is 2. The smallest absolute Gasteiger partial charge is 0.343 e. The Kier molecular flexibility index (Phi) is 6.89. The van der Waals surface area contributed by atoms with E-state index in [9.17, 15) is 14.7 Å². The molecule has 0 heterocycles. The highest BCUT2D eigenvalue weighted by Crippen LogP contribution is 2.17. The summed E-state index contributed by atoms with van der Waals surface area (Å²) in [4.78, 5) is 24.2. The van der Waals surface area contributed by atoms with E-state index in [-0.39, 0.29) is 0 Å². The van der Waals surface area contributed by atoms with Gasteiger partial charge in [0.15, 0.2) is 6.10 Å². The van der Waals surface area contributed by atoms with Crippen molar-refractivity contribution in [1.29, 1.82) is 0 Å². The molecule has 6 nitrogen and oxygen atoms in total. The SMILES string of the molecule is O=C(Oc1cccc(/C=N\NC(=O)[C@H](O)c2ccccc2)c1)c1cccc(Br)c1. The van der Waals surface area contributed by atoms with Crippen LogP contribution in [0.1, 0.15) is 27.6 Å². The van der Waals surface area contributed by atoms with Crippen LogP contribution in [0.25, 0.3) is 0 Å². The second-order valence-corrected chi connectivity index (χ2v) is 6.94. The van der Waals surface area contributed by atoms with Crippen molar-refractivity contribution in [2.75, 3.05) is 0 Å². The van der Waals surface area contributed by atoms with Crippen molar-refractivity contribution in [2.45, 2.75) is 6.10 Å². The molecule has 1 amide bonds. The van der Waals surface area contributed by atoms with Crippen LogP contribution in [0.5, 0.6) is 5.75 Å². The maximum Gasteiger partial charge on any atom is 0.343 e. The number of amides is 1. The lowest BCUT2D eigenvalue weighted by molar-refractivity contribution is -0.129. The Morgan fingerprint density at radius 2 is 1.76 bits per heavy atom. The van der Waals surface area contributed by atoms with Crippen LogP contribution in [-0.4, -0.2) is 23.2 Å². The van der Waals surface area contributed by atoms with Crippen molar-refractivity contribution < 1.29 is 19.4 Å². The molecule has 3 aromatic carbocycles. The van der Waals surface area contributed by atoms with Gasteiger partial charge in [0, 0.05) is 4.47 Å². The van der Waals surface area contributed by atoms with Crippen molar-refractivity contribution in [3.8, 4) is 5.75 Å². The predicted molar refractivity (Wildman–Crippen MR) is 113 cm³/mol. The Hall–Kier alpha value is -3.29. The highest BCUT2D eigenvalue weighted by Gasteiger charge is 2.16. The average molecular weight is 453 g/mol. The summed E-state index contributed by atoms with van der Waals surface area (Å²) in [6.45, 7) is 0. The third-order valence-electron chi connectivity index (χ3n) is 3.88. The maximum atomic E-state index is 12.2. The number of hydrogen-bond acceptors (Lipinski definition) is 5. The van der Waals surface area contributed by atoms with Crippen LogP contribution in [0.4, 0.5) is 0 Å². The molecule has 0 saturated carbocycles. The standard InChI is InChI=1S/C22H17BrN2O4/c23-18-10-5-9-17(13-18)22(28)29-19-11-4-6-15(12-19)14-24-25-21(27)20(26)16-7-2-1-3-8-16/h1-14,20,26H,(H,25,27)/b24-14-/t20-/m1/s1. The largest absolute Gasteiger partial charge is 0.423 e. The normalized spacial score (nSPS) is 11.8. The quantitative estimate of drug-likeness (QED) is 0.257. The van der Waals surface area contributed by atoms with Crippen LogP contribution in [0.3, 0.4) is 0 Å². The van der Waals surface area contributed by atoms with Gasteiger partial charge in [-0.2, -0.15) is 5.10 Å². The van der Waals surface area contributed by atoms with Gasteiger partial charge >= 0.3 is 5.97 Å². The number of ether oxygens (including phenoxy) is 1. The van der Waals surface area contributed by atoms with E-state index in [1.165, 1.54) is 6.21 Å². The molecule has 0 saturated heterocycles. The lowest BCUT2D eigenvalue weighted by Crippen LogP contribution is -2.25. The number of nitrogens with zero attached hydrogens (tertiary/aromatic N) is 1. The van der Waals surface area contributed by atoms with E-state index < -0.39 is 18.0 Å². The lowest BCUT2D eigenvalue weighted by Gasteiger charge is -2.08. The minimum atomic E-state index is -1.31. The second kappa shape index (κ2) is 9.77. The molecule has 1 atom stereocenters. The molecular formula is C22H17BrN2O4. The fourth-order valence-corrected chi connectivity index (χ4v) is 2.86. The number of benzene rings is 3. The van der Waals surface area contributed by atoms with Crippen LogP contribution < -0.4 is 10.2 Å². The van der Waals surface area contributed by atoms with Gasteiger partial charge in [0.1, 0.15) is 5.75 Å². The van der Waals surface area contributed by atoms with Gasteiger partial charge in [-0.15, -0.1) is 0 Å². The van der Waals surface area contributed by atoms with Crippen molar-refractivity contribution >= 4 is 34.0 Å². The first-order valence-electron chi connectivity index (χ1n) is 8.66. The molecule has 0 aliphatic heterocycles. The Morgan fingerprint density at radius 1 is 1.00 bits per heavy atom. The molecule has 0 aliphatic carbocycles. The molecule has 0 fully saturated rings. The Balaban J connectivity index is 1.60. The number of carbonyl (C=O) groups excluding carboxylic acids is 2. The number of aliphatic hydroxyl groups is 1. The molecule has 7 heteroatoms. The summed E-state index contributed by atoms with van der Waals surface area (Å²) >= 11 is 3.32. The van der Waals surface area contributed by atoms with Crippen molar-refractivity contribution in [3.05, 3.63) is 100 Å². The fourth-order valence-electron chi connectivity index (χ4n) is 2.46. The minimum absolute atomic E-state index is 0.342. The number of aliphatic hydroxyl groups excluding tert-OH is 1. The molecule has 2 N–H and O–H groups in total. The molecular weight excluding hydrogens is 436 g/mol. The molecule has 3 rings (SSSR count). The van der Waals surface area contributed by atoms with Gasteiger partial charge in [-0.1, -0.05) is 64.5 Å². The van der Waals surface area contributed by atoms with Crippen LogP contribution in [0, 0.1) is 0 Å². The Bertz CT molecular complexity index is 1040. The van der Waals surface area contributed by atoms with Gasteiger partial charge in [0.2, 0.25) is 0 Å². The number of esters is 1. The molecule has 3 aromatic rings.